The van der Waals surface area contributed by atoms with Crippen LogP contribution in [0.5, 0.6) is 0 Å². The van der Waals surface area contributed by atoms with Gasteiger partial charge < -0.3 is 20.1 Å². The molecule has 2 aliphatic rings. The number of aliphatic hydroxyl groups is 1. The van der Waals surface area contributed by atoms with Crippen molar-refractivity contribution in [2.75, 3.05) is 57.8 Å². The van der Waals surface area contributed by atoms with E-state index in [-0.39, 0.29) is 6.10 Å². The van der Waals surface area contributed by atoms with Gasteiger partial charge in [0.1, 0.15) is 0 Å². The summed E-state index contributed by atoms with van der Waals surface area (Å²) < 4.78 is 5.36. The molecule has 5 heteroatoms. The van der Waals surface area contributed by atoms with Crippen LogP contribution in [0.25, 0.3) is 0 Å². The number of hydrogen-bond donors (Lipinski definition) is 2. The van der Waals surface area contributed by atoms with E-state index in [0.29, 0.717) is 6.04 Å². The molecular formula is C19H31N3O2. The van der Waals surface area contributed by atoms with Crippen LogP contribution in [0.3, 0.4) is 0 Å². The van der Waals surface area contributed by atoms with E-state index in [2.05, 4.69) is 46.3 Å². The van der Waals surface area contributed by atoms with Crippen molar-refractivity contribution in [1.29, 1.82) is 0 Å². The quantitative estimate of drug-likeness (QED) is 0.827. The summed E-state index contributed by atoms with van der Waals surface area (Å²) in [4.78, 5) is 4.71. The smallest absolute Gasteiger partial charge is 0.0793 e. The molecule has 134 valence electrons. The zero-order valence-electron chi connectivity index (χ0n) is 14.8. The van der Waals surface area contributed by atoms with Gasteiger partial charge in [0.15, 0.2) is 0 Å². The Morgan fingerprint density at radius 2 is 1.79 bits per heavy atom. The number of nitrogens with one attached hydrogen (secondary N) is 1. The molecular weight excluding hydrogens is 302 g/mol. The molecule has 0 radical (unpaired) electrons. The number of anilines is 1. The minimum Gasteiger partial charge on any atom is -0.390 e. The second-order valence-corrected chi connectivity index (χ2v) is 7.16. The summed E-state index contributed by atoms with van der Waals surface area (Å²) in [7, 11) is 0. The zero-order chi connectivity index (χ0) is 16.8. The second-order valence-electron chi connectivity index (χ2n) is 7.16. The first-order chi connectivity index (χ1) is 11.7. The van der Waals surface area contributed by atoms with Gasteiger partial charge in [0, 0.05) is 51.0 Å². The third-order valence-electron chi connectivity index (χ3n) is 5.02. The minimum atomic E-state index is -0.260. The third-order valence-corrected chi connectivity index (χ3v) is 5.02. The van der Waals surface area contributed by atoms with Gasteiger partial charge in [-0.05, 0) is 37.5 Å². The van der Waals surface area contributed by atoms with Crippen LogP contribution in [0.15, 0.2) is 24.3 Å². The fourth-order valence-electron chi connectivity index (χ4n) is 3.67. The van der Waals surface area contributed by atoms with Crippen molar-refractivity contribution in [3.63, 3.8) is 0 Å². The topological polar surface area (TPSA) is 48.0 Å². The molecule has 0 aromatic heterocycles. The van der Waals surface area contributed by atoms with Crippen molar-refractivity contribution >= 4 is 5.69 Å². The van der Waals surface area contributed by atoms with Gasteiger partial charge in [-0.1, -0.05) is 12.1 Å². The molecule has 1 unspecified atom stereocenters. The number of β-amino-alcohol motifs (C(OH)–C–C–N with tert-alkyl or cyclic N) is 1. The maximum Gasteiger partial charge on any atom is 0.0793 e. The minimum absolute atomic E-state index is 0.260. The van der Waals surface area contributed by atoms with Crippen LogP contribution in [0, 0.1) is 6.92 Å². The van der Waals surface area contributed by atoms with E-state index in [1.54, 1.807) is 0 Å². The van der Waals surface area contributed by atoms with Gasteiger partial charge in [0.25, 0.3) is 0 Å². The average Bonchev–Trinajstić information content (AvgIpc) is 2.57. The van der Waals surface area contributed by atoms with E-state index < -0.39 is 0 Å². The number of aliphatic hydroxyl groups excluding tert-OH is 1. The van der Waals surface area contributed by atoms with E-state index in [1.807, 2.05) is 0 Å². The molecule has 0 aliphatic carbocycles. The van der Waals surface area contributed by atoms with Crippen molar-refractivity contribution < 1.29 is 9.84 Å². The first-order valence-corrected chi connectivity index (χ1v) is 9.23. The Bertz CT molecular complexity index is 497. The van der Waals surface area contributed by atoms with Crippen molar-refractivity contribution in [3.8, 4) is 0 Å². The summed E-state index contributed by atoms with van der Waals surface area (Å²) in [5.41, 5.74) is 2.52. The standard InChI is InChI=1S/C19H31N3O2/c1-16-3-2-4-18(13-16)20-17-5-7-21(8-6-17)14-19(23)15-22-9-11-24-12-10-22/h2-4,13,17,19-20,23H,5-12,14-15H2,1H3. The van der Waals surface area contributed by atoms with Gasteiger partial charge in [-0.3, -0.25) is 4.90 Å². The van der Waals surface area contributed by atoms with E-state index in [4.69, 9.17) is 4.74 Å². The molecule has 2 fully saturated rings. The van der Waals surface area contributed by atoms with E-state index in [0.717, 1.165) is 65.3 Å². The molecule has 0 saturated carbocycles. The molecule has 1 aromatic rings. The molecule has 24 heavy (non-hydrogen) atoms. The number of morpholine rings is 1. The van der Waals surface area contributed by atoms with Gasteiger partial charge >= 0.3 is 0 Å². The molecule has 0 bridgehead atoms. The van der Waals surface area contributed by atoms with Crippen LogP contribution < -0.4 is 5.32 Å². The molecule has 5 nitrogen and oxygen atoms in total. The maximum absolute atomic E-state index is 10.3. The largest absolute Gasteiger partial charge is 0.390 e. The molecule has 1 aromatic carbocycles. The molecule has 2 N–H and O–H groups in total. The van der Waals surface area contributed by atoms with Crippen molar-refractivity contribution in [3.05, 3.63) is 29.8 Å². The molecule has 2 heterocycles. The van der Waals surface area contributed by atoms with Crippen molar-refractivity contribution in [2.45, 2.75) is 31.9 Å². The Balaban J connectivity index is 1.37. The van der Waals surface area contributed by atoms with Gasteiger partial charge in [0.2, 0.25) is 0 Å². The van der Waals surface area contributed by atoms with E-state index >= 15 is 0 Å². The highest BCUT2D eigenvalue weighted by Crippen LogP contribution is 2.18. The van der Waals surface area contributed by atoms with Crippen LogP contribution in [0.1, 0.15) is 18.4 Å². The number of ether oxygens (including phenoxy) is 1. The lowest BCUT2D eigenvalue weighted by Crippen LogP contribution is -2.47. The summed E-state index contributed by atoms with van der Waals surface area (Å²) in [6.07, 6.45) is 2.01. The fraction of sp³-hybridized carbons (Fsp3) is 0.684. The Morgan fingerprint density at radius 3 is 2.46 bits per heavy atom. The fourth-order valence-corrected chi connectivity index (χ4v) is 3.67. The zero-order valence-corrected chi connectivity index (χ0v) is 14.8. The predicted octanol–water partition coefficient (Wildman–Crippen LogP) is 1.56. The number of benzene rings is 1. The Kier molecular flexibility index (Phi) is 6.49. The number of hydrogen-bond acceptors (Lipinski definition) is 5. The van der Waals surface area contributed by atoms with E-state index in [1.165, 1.54) is 11.3 Å². The van der Waals surface area contributed by atoms with Gasteiger partial charge in [-0.2, -0.15) is 0 Å². The molecule has 3 rings (SSSR count). The first kappa shape index (κ1) is 17.7. The first-order valence-electron chi connectivity index (χ1n) is 9.23. The lowest BCUT2D eigenvalue weighted by molar-refractivity contribution is 0.00531. The third kappa shape index (κ3) is 5.45. The average molecular weight is 333 g/mol. The number of aryl methyl sites for hydroxylation is 1. The highest BCUT2D eigenvalue weighted by atomic mass is 16.5. The molecule has 1 atom stereocenters. The molecule has 2 saturated heterocycles. The van der Waals surface area contributed by atoms with Crippen LogP contribution in [-0.4, -0.2) is 79.5 Å². The lowest BCUT2D eigenvalue weighted by Gasteiger charge is -2.35. The summed E-state index contributed by atoms with van der Waals surface area (Å²) in [6.45, 7) is 9.28. The number of likely N-dealkylation sites (tertiary alicyclic amines) is 1. The Hall–Kier alpha value is -1.14. The van der Waals surface area contributed by atoms with Crippen LogP contribution in [0.4, 0.5) is 5.69 Å². The normalized spacial score (nSPS) is 22.4. The summed E-state index contributed by atoms with van der Waals surface area (Å²) in [5.74, 6) is 0. The Morgan fingerprint density at radius 1 is 1.12 bits per heavy atom. The van der Waals surface area contributed by atoms with Crippen LogP contribution >= 0.6 is 0 Å². The molecule has 2 aliphatic heterocycles. The highest BCUT2D eigenvalue weighted by molar-refractivity contribution is 5.46. The number of nitrogens with zero attached hydrogens (tertiary/aromatic N) is 2. The van der Waals surface area contributed by atoms with Crippen molar-refractivity contribution in [2.24, 2.45) is 0 Å². The van der Waals surface area contributed by atoms with Crippen LogP contribution in [0.2, 0.25) is 0 Å². The summed E-state index contributed by atoms with van der Waals surface area (Å²) in [6, 6.07) is 9.13. The van der Waals surface area contributed by atoms with Crippen LogP contribution in [-0.2, 0) is 4.74 Å². The number of rotatable bonds is 6. The van der Waals surface area contributed by atoms with Crippen molar-refractivity contribution in [1.82, 2.24) is 9.80 Å². The lowest BCUT2D eigenvalue weighted by atomic mass is 10.0. The maximum atomic E-state index is 10.3. The van der Waals surface area contributed by atoms with Gasteiger partial charge in [0.05, 0.1) is 19.3 Å². The monoisotopic (exact) mass is 333 g/mol. The van der Waals surface area contributed by atoms with E-state index in [9.17, 15) is 5.11 Å². The summed E-state index contributed by atoms with van der Waals surface area (Å²) in [5, 5.41) is 14.0. The van der Waals surface area contributed by atoms with Gasteiger partial charge in [-0.15, -0.1) is 0 Å². The Labute approximate surface area is 145 Å². The second kappa shape index (κ2) is 8.81. The number of piperidine rings is 1. The predicted molar refractivity (Wildman–Crippen MR) is 97.5 cm³/mol. The highest BCUT2D eigenvalue weighted by Gasteiger charge is 2.22. The summed E-state index contributed by atoms with van der Waals surface area (Å²) >= 11 is 0. The molecule has 0 amide bonds. The molecule has 0 spiro atoms. The SMILES string of the molecule is Cc1cccc(NC2CCN(CC(O)CN3CCOCC3)CC2)c1. The van der Waals surface area contributed by atoms with Gasteiger partial charge in [-0.25, -0.2) is 0 Å².